The van der Waals surface area contributed by atoms with E-state index in [2.05, 4.69) is 27.7 Å². The fraction of sp³-hybridized carbons (Fsp3) is 0.857. The first-order valence-corrected chi connectivity index (χ1v) is 2.85. The van der Waals surface area contributed by atoms with E-state index >= 15 is 0 Å². The minimum Gasteiger partial charge on any atom is -0.343 e. The Morgan fingerprint density at radius 1 is 1.29 bits per heavy atom. The van der Waals surface area contributed by atoms with E-state index in [1.165, 1.54) is 6.42 Å². The molecule has 0 spiro atoms. The maximum absolute atomic E-state index is 3.77. The minimum absolute atomic E-state index is 0.488. The Balaban J connectivity index is 3.15. The van der Waals surface area contributed by atoms with E-state index in [1.54, 1.807) is 0 Å². The lowest BCUT2D eigenvalue weighted by molar-refractivity contribution is 0.381. The summed E-state index contributed by atoms with van der Waals surface area (Å²) < 4.78 is 0. The van der Waals surface area contributed by atoms with Gasteiger partial charge < -0.3 is 6.92 Å². The van der Waals surface area contributed by atoms with Gasteiger partial charge in [-0.15, -0.1) is 0 Å². The largest absolute Gasteiger partial charge is 0.343 e. The summed E-state index contributed by atoms with van der Waals surface area (Å²) in [6, 6.07) is 0. The Bertz CT molecular complexity index is 38.5. The summed E-state index contributed by atoms with van der Waals surface area (Å²) in [5.41, 5.74) is 0.488. The van der Waals surface area contributed by atoms with Gasteiger partial charge >= 0.3 is 0 Å². The van der Waals surface area contributed by atoms with Crippen LogP contribution in [0.15, 0.2) is 0 Å². The Morgan fingerprint density at radius 3 is 1.71 bits per heavy atom. The molecule has 7 heavy (non-hydrogen) atoms. The molecule has 0 amide bonds. The molecule has 44 valence electrons. The summed E-state index contributed by atoms with van der Waals surface area (Å²) in [5, 5.41) is 0. The van der Waals surface area contributed by atoms with Gasteiger partial charge in [0.05, 0.1) is 0 Å². The van der Waals surface area contributed by atoms with E-state index in [1.807, 2.05) is 0 Å². The molecule has 0 aliphatic carbocycles. The van der Waals surface area contributed by atoms with Crippen LogP contribution in [0, 0.1) is 12.3 Å². The lowest BCUT2D eigenvalue weighted by Gasteiger charge is -2.17. The van der Waals surface area contributed by atoms with Gasteiger partial charge in [-0.1, -0.05) is 27.2 Å². The van der Waals surface area contributed by atoms with Gasteiger partial charge in [0.1, 0.15) is 0 Å². The van der Waals surface area contributed by atoms with Crippen LogP contribution in [0.4, 0.5) is 0 Å². The van der Waals surface area contributed by atoms with Crippen molar-refractivity contribution in [1.29, 1.82) is 0 Å². The predicted molar refractivity (Wildman–Crippen MR) is 34.0 cm³/mol. The Morgan fingerprint density at radius 2 is 1.71 bits per heavy atom. The van der Waals surface area contributed by atoms with Crippen molar-refractivity contribution in [2.75, 3.05) is 0 Å². The SMILES string of the molecule is [CH2-]CCC(C)(C)C. The molecule has 0 heterocycles. The zero-order chi connectivity index (χ0) is 5.91. The molecule has 0 nitrogen and oxygen atoms in total. The van der Waals surface area contributed by atoms with Crippen molar-refractivity contribution in [2.45, 2.75) is 33.6 Å². The molecule has 0 atom stereocenters. The van der Waals surface area contributed by atoms with Crippen LogP contribution in [-0.2, 0) is 0 Å². The van der Waals surface area contributed by atoms with Gasteiger partial charge in [-0.25, -0.2) is 0 Å². The average molecular weight is 99.2 g/mol. The Hall–Kier alpha value is 0. The molecule has 0 aromatic rings. The monoisotopic (exact) mass is 99.1 g/mol. The number of hydrogen-bond donors (Lipinski definition) is 0. The maximum Gasteiger partial charge on any atom is -0.0407 e. The van der Waals surface area contributed by atoms with Crippen LogP contribution in [-0.4, -0.2) is 0 Å². The normalized spacial score (nSPS) is 12.0. The zero-order valence-electron chi connectivity index (χ0n) is 5.62. The summed E-state index contributed by atoms with van der Waals surface area (Å²) >= 11 is 0. The van der Waals surface area contributed by atoms with E-state index in [0.29, 0.717) is 5.41 Å². The summed E-state index contributed by atoms with van der Waals surface area (Å²) in [4.78, 5) is 0. The fourth-order valence-corrected chi connectivity index (χ4v) is 0.530. The van der Waals surface area contributed by atoms with Crippen LogP contribution < -0.4 is 0 Å². The summed E-state index contributed by atoms with van der Waals surface area (Å²) in [6.07, 6.45) is 2.29. The van der Waals surface area contributed by atoms with Crippen LogP contribution in [0.5, 0.6) is 0 Å². The standard InChI is InChI=1S/C7H15/c1-5-6-7(2,3)4/h1,5-6H2,2-4H3/q-1. The topological polar surface area (TPSA) is 0 Å². The van der Waals surface area contributed by atoms with Crippen molar-refractivity contribution in [2.24, 2.45) is 5.41 Å². The number of hydrogen-bond acceptors (Lipinski definition) is 0. The lowest BCUT2D eigenvalue weighted by Crippen LogP contribution is -2.02. The van der Waals surface area contributed by atoms with Gasteiger partial charge in [-0.2, -0.15) is 6.42 Å². The molecule has 0 saturated carbocycles. The van der Waals surface area contributed by atoms with Crippen molar-refractivity contribution < 1.29 is 0 Å². The molecule has 0 fully saturated rings. The van der Waals surface area contributed by atoms with E-state index in [9.17, 15) is 0 Å². The van der Waals surface area contributed by atoms with Crippen LogP contribution in [0.25, 0.3) is 0 Å². The third-order valence-electron chi connectivity index (χ3n) is 0.927. The highest BCUT2D eigenvalue weighted by Crippen LogP contribution is 2.19. The van der Waals surface area contributed by atoms with E-state index in [-0.39, 0.29) is 0 Å². The average Bonchev–Trinajstić information content (AvgIpc) is 1.30. The van der Waals surface area contributed by atoms with Crippen molar-refractivity contribution in [3.8, 4) is 0 Å². The van der Waals surface area contributed by atoms with Gasteiger partial charge in [0.15, 0.2) is 0 Å². The zero-order valence-corrected chi connectivity index (χ0v) is 5.62. The fourth-order valence-electron chi connectivity index (χ4n) is 0.530. The van der Waals surface area contributed by atoms with E-state index in [4.69, 9.17) is 0 Å². The Labute approximate surface area is 46.9 Å². The van der Waals surface area contributed by atoms with Crippen molar-refractivity contribution >= 4 is 0 Å². The molecular formula is C7H15-. The van der Waals surface area contributed by atoms with Crippen LogP contribution in [0.1, 0.15) is 33.6 Å². The van der Waals surface area contributed by atoms with Gasteiger partial charge in [0, 0.05) is 0 Å². The molecule has 0 unspecified atom stereocenters. The highest BCUT2D eigenvalue weighted by Gasteiger charge is 2.04. The summed E-state index contributed by atoms with van der Waals surface area (Å²) in [7, 11) is 0. The smallest absolute Gasteiger partial charge is 0.0407 e. The highest BCUT2D eigenvalue weighted by atomic mass is 14.1. The first kappa shape index (κ1) is 7.00. The molecule has 0 radical (unpaired) electrons. The van der Waals surface area contributed by atoms with Gasteiger partial charge in [0.25, 0.3) is 0 Å². The second-order valence-corrected chi connectivity index (χ2v) is 3.16. The molecule has 0 aliphatic heterocycles. The molecular weight excluding hydrogens is 84.1 g/mol. The quantitative estimate of drug-likeness (QED) is 0.443. The molecule has 0 rings (SSSR count). The van der Waals surface area contributed by atoms with Gasteiger partial charge in [0.2, 0.25) is 0 Å². The third-order valence-corrected chi connectivity index (χ3v) is 0.927. The maximum atomic E-state index is 3.77. The Kier molecular flexibility index (Phi) is 2.34. The first-order chi connectivity index (χ1) is 3.06. The second-order valence-electron chi connectivity index (χ2n) is 3.16. The van der Waals surface area contributed by atoms with Crippen molar-refractivity contribution in [3.63, 3.8) is 0 Å². The van der Waals surface area contributed by atoms with Gasteiger partial charge in [-0.05, 0) is 5.41 Å². The van der Waals surface area contributed by atoms with Gasteiger partial charge in [-0.3, -0.25) is 0 Å². The number of rotatable bonds is 1. The second kappa shape index (κ2) is 2.34. The predicted octanol–water partition coefficient (Wildman–Crippen LogP) is 2.65. The highest BCUT2D eigenvalue weighted by molar-refractivity contribution is 4.60. The molecule has 0 aromatic carbocycles. The molecule has 0 N–H and O–H groups in total. The summed E-state index contributed by atoms with van der Waals surface area (Å²) in [6.45, 7) is 10.5. The molecule has 0 aliphatic rings. The molecule has 0 saturated heterocycles. The van der Waals surface area contributed by atoms with Crippen LogP contribution in [0.2, 0.25) is 0 Å². The van der Waals surface area contributed by atoms with E-state index in [0.717, 1.165) is 6.42 Å². The third kappa shape index (κ3) is 6.00. The van der Waals surface area contributed by atoms with Crippen LogP contribution in [0.3, 0.4) is 0 Å². The molecule has 0 heteroatoms. The van der Waals surface area contributed by atoms with Crippen molar-refractivity contribution in [1.82, 2.24) is 0 Å². The molecule has 0 bridgehead atoms. The lowest BCUT2D eigenvalue weighted by atomic mass is 9.91. The van der Waals surface area contributed by atoms with E-state index < -0.39 is 0 Å². The first-order valence-electron chi connectivity index (χ1n) is 2.85. The summed E-state index contributed by atoms with van der Waals surface area (Å²) in [5.74, 6) is 0. The molecule has 0 aromatic heterocycles. The van der Waals surface area contributed by atoms with Crippen molar-refractivity contribution in [3.05, 3.63) is 6.92 Å². The minimum atomic E-state index is 0.488. The van der Waals surface area contributed by atoms with Crippen LogP contribution >= 0.6 is 0 Å².